The maximum absolute atomic E-state index is 12.7. The second-order valence-electron chi connectivity index (χ2n) is 2.53. The summed E-state index contributed by atoms with van der Waals surface area (Å²) in [5, 5.41) is 20.5. The normalized spacial score (nSPS) is 9.67. The van der Waals surface area contributed by atoms with E-state index in [2.05, 4.69) is 4.74 Å². The van der Waals surface area contributed by atoms with Crippen LogP contribution >= 0.6 is 0 Å². The SMILES string of the molecule is O=C([O-])COc1cc(F)ccc1[N+](=O)[O-]. The van der Waals surface area contributed by atoms with Crippen LogP contribution in [0.5, 0.6) is 5.75 Å². The molecule has 0 unspecified atom stereocenters. The Kier molecular flexibility index (Phi) is 3.17. The smallest absolute Gasteiger partial charge is 0.311 e. The largest absolute Gasteiger partial charge is 0.546 e. The van der Waals surface area contributed by atoms with Gasteiger partial charge in [-0.05, 0) is 6.07 Å². The summed E-state index contributed by atoms with van der Waals surface area (Å²) in [4.78, 5) is 19.7. The van der Waals surface area contributed by atoms with Crippen molar-refractivity contribution in [3.05, 3.63) is 34.1 Å². The second-order valence-corrected chi connectivity index (χ2v) is 2.53. The molecule has 0 aliphatic rings. The van der Waals surface area contributed by atoms with E-state index < -0.39 is 34.8 Å². The van der Waals surface area contributed by atoms with Gasteiger partial charge < -0.3 is 14.6 Å². The van der Waals surface area contributed by atoms with Gasteiger partial charge in [0.05, 0.1) is 10.9 Å². The van der Waals surface area contributed by atoms with Crippen LogP contribution in [0.4, 0.5) is 10.1 Å². The Balaban J connectivity index is 2.96. The molecule has 1 aromatic rings. The van der Waals surface area contributed by atoms with Gasteiger partial charge in [0.2, 0.25) is 0 Å². The molecule has 0 aliphatic carbocycles. The van der Waals surface area contributed by atoms with Gasteiger partial charge in [-0.25, -0.2) is 4.39 Å². The second kappa shape index (κ2) is 4.36. The van der Waals surface area contributed by atoms with Gasteiger partial charge in [-0.3, -0.25) is 10.1 Å². The van der Waals surface area contributed by atoms with Crippen LogP contribution in [0, 0.1) is 15.9 Å². The fourth-order valence-electron chi connectivity index (χ4n) is 0.891. The number of rotatable bonds is 4. The lowest BCUT2D eigenvalue weighted by Crippen LogP contribution is -2.29. The molecule has 0 bridgehead atoms. The number of ether oxygens (including phenoxy) is 1. The molecule has 6 nitrogen and oxygen atoms in total. The zero-order valence-electron chi connectivity index (χ0n) is 7.31. The van der Waals surface area contributed by atoms with Crippen molar-refractivity contribution in [2.75, 3.05) is 6.61 Å². The molecular formula is C8H5FNO5-. The van der Waals surface area contributed by atoms with E-state index in [9.17, 15) is 24.4 Å². The predicted octanol–water partition coefficient (Wildman–Crippen LogP) is -0.137. The van der Waals surface area contributed by atoms with Crippen LogP contribution in [0.1, 0.15) is 0 Å². The number of carbonyl (C=O) groups is 1. The maximum Gasteiger partial charge on any atom is 0.311 e. The first kappa shape index (κ1) is 10.9. The van der Waals surface area contributed by atoms with Crippen LogP contribution in [-0.2, 0) is 4.79 Å². The number of carbonyl (C=O) groups excluding carboxylic acids is 1. The molecule has 15 heavy (non-hydrogen) atoms. The van der Waals surface area contributed by atoms with Crippen molar-refractivity contribution in [3.63, 3.8) is 0 Å². The molecule has 0 saturated carbocycles. The molecule has 0 aliphatic heterocycles. The van der Waals surface area contributed by atoms with Crippen LogP contribution in [-0.4, -0.2) is 17.5 Å². The van der Waals surface area contributed by atoms with E-state index in [-0.39, 0.29) is 0 Å². The Morgan fingerprint density at radius 2 is 2.20 bits per heavy atom. The number of nitrogens with zero attached hydrogens (tertiary/aromatic N) is 1. The molecule has 80 valence electrons. The van der Waals surface area contributed by atoms with Crippen molar-refractivity contribution in [1.82, 2.24) is 0 Å². The monoisotopic (exact) mass is 214 g/mol. The highest BCUT2D eigenvalue weighted by atomic mass is 19.1. The lowest BCUT2D eigenvalue weighted by molar-refractivity contribution is -0.386. The Bertz CT molecular complexity index is 406. The molecule has 0 fully saturated rings. The van der Waals surface area contributed by atoms with Gasteiger partial charge in [-0.2, -0.15) is 0 Å². The van der Waals surface area contributed by atoms with Crippen LogP contribution in [0.15, 0.2) is 18.2 Å². The molecular weight excluding hydrogens is 209 g/mol. The quantitative estimate of drug-likeness (QED) is 0.513. The highest BCUT2D eigenvalue weighted by Crippen LogP contribution is 2.27. The number of carboxylic acid groups (broad SMARTS) is 1. The first-order valence-corrected chi connectivity index (χ1v) is 3.77. The highest BCUT2D eigenvalue weighted by Gasteiger charge is 2.15. The zero-order chi connectivity index (χ0) is 11.4. The third-order valence-electron chi connectivity index (χ3n) is 1.46. The topological polar surface area (TPSA) is 92.5 Å². The average Bonchev–Trinajstić information content (AvgIpc) is 2.14. The molecule has 0 saturated heterocycles. The van der Waals surface area contributed by atoms with Gasteiger partial charge in [-0.1, -0.05) is 0 Å². The standard InChI is InChI=1S/C8H6FNO5/c9-5-1-2-6(10(13)14)7(3-5)15-4-8(11)12/h1-3H,4H2,(H,11,12)/p-1. The Morgan fingerprint density at radius 3 is 2.73 bits per heavy atom. The van der Waals surface area contributed by atoms with E-state index in [1.165, 1.54) is 0 Å². The van der Waals surface area contributed by atoms with Crippen molar-refractivity contribution in [2.45, 2.75) is 0 Å². The average molecular weight is 214 g/mol. The zero-order valence-corrected chi connectivity index (χ0v) is 7.31. The van der Waals surface area contributed by atoms with E-state index in [0.717, 1.165) is 18.2 Å². The summed E-state index contributed by atoms with van der Waals surface area (Å²) in [6.45, 7) is -0.871. The molecule has 0 N–H and O–H groups in total. The lowest BCUT2D eigenvalue weighted by Gasteiger charge is -2.06. The molecule has 0 atom stereocenters. The van der Waals surface area contributed by atoms with Gasteiger partial charge in [0.1, 0.15) is 12.4 Å². The summed E-state index contributed by atoms with van der Waals surface area (Å²) in [5.41, 5.74) is -0.502. The molecule has 7 heteroatoms. The summed E-state index contributed by atoms with van der Waals surface area (Å²) < 4.78 is 17.2. The van der Waals surface area contributed by atoms with E-state index >= 15 is 0 Å². The van der Waals surface area contributed by atoms with Crippen molar-refractivity contribution in [2.24, 2.45) is 0 Å². The molecule has 1 aromatic carbocycles. The molecule has 1 rings (SSSR count). The number of nitro benzene ring substituents is 1. The number of benzene rings is 1. The molecule has 0 amide bonds. The fraction of sp³-hybridized carbons (Fsp3) is 0.125. The predicted molar refractivity (Wildman–Crippen MR) is 43.6 cm³/mol. The number of hydrogen-bond acceptors (Lipinski definition) is 5. The van der Waals surface area contributed by atoms with Gasteiger partial charge in [0.25, 0.3) is 0 Å². The minimum Gasteiger partial charge on any atom is -0.546 e. The van der Waals surface area contributed by atoms with Gasteiger partial charge in [0.15, 0.2) is 5.75 Å². The molecule has 0 spiro atoms. The van der Waals surface area contributed by atoms with Crippen LogP contribution in [0.2, 0.25) is 0 Å². The number of aliphatic carboxylic acids is 1. The van der Waals surface area contributed by atoms with Crippen LogP contribution in [0.3, 0.4) is 0 Å². The first-order valence-electron chi connectivity index (χ1n) is 3.77. The summed E-state index contributed by atoms with van der Waals surface area (Å²) in [5.74, 6) is -2.74. The number of hydrogen-bond donors (Lipinski definition) is 0. The summed E-state index contributed by atoms with van der Waals surface area (Å²) >= 11 is 0. The summed E-state index contributed by atoms with van der Waals surface area (Å²) in [7, 11) is 0. The minimum atomic E-state index is -1.55. The Hall–Kier alpha value is -2.18. The van der Waals surface area contributed by atoms with E-state index in [0.29, 0.717) is 0 Å². The molecule has 0 radical (unpaired) electrons. The van der Waals surface area contributed by atoms with Crippen LogP contribution in [0.25, 0.3) is 0 Å². The van der Waals surface area contributed by atoms with Crippen LogP contribution < -0.4 is 9.84 Å². The lowest BCUT2D eigenvalue weighted by atomic mass is 10.3. The minimum absolute atomic E-state index is 0.441. The Morgan fingerprint density at radius 1 is 1.53 bits per heavy atom. The van der Waals surface area contributed by atoms with Gasteiger partial charge in [0, 0.05) is 12.1 Å². The van der Waals surface area contributed by atoms with Gasteiger partial charge in [-0.15, -0.1) is 0 Å². The van der Waals surface area contributed by atoms with E-state index in [4.69, 9.17) is 0 Å². The number of carboxylic acids is 1. The fourth-order valence-corrected chi connectivity index (χ4v) is 0.891. The van der Waals surface area contributed by atoms with Crippen molar-refractivity contribution in [3.8, 4) is 5.75 Å². The van der Waals surface area contributed by atoms with Crippen molar-refractivity contribution >= 4 is 11.7 Å². The van der Waals surface area contributed by atoms with Crippen molar-refractivity contribution < 1.29 is 24.0 Å². The number of nitro groups is 1. The van der Waals surface area contributed by atoms with Gasteiger partial charge >= 0.3 is 5.69 Å². The third-order valence-corrected chi connectivity index (χ3v) is 1.46. The number of halogens is 1. The Labute approximate surface area is 83.0 Å². The summed E-state index contributed by atoms with van der Waals surface area (Å²) in [6, 6.07) is 2.50. The first-order chi connectivity index (χ1) is 7.00. The maximum atomic E-state index is 12.7. The highest BCUT2D eigenvalue weighted by molar-refractivity contribution is 5.66. The molecule has 0 aromatic heterocycles. The van der Waals surface area contributed by atoms with E-state index in [1.54, 1.807) is 0 Å². The molecule has 0 heterocycles. The van der Waals surface area contributed by atoms with E-state index in [1.807, 2.05) is 0 Å². The summed E-state index contributed by atoms with van der Waals surface area (Å²) in [6.07, 6.45) is 0. The van der Waals surface area contributed by atoms with Crippen molar-refractivity contribution in [1.29, 1.82) is 0 Å². The third kappa shape index (κ3) is 2.90.